The van der Waals surface area contributed by atoms with Gasteiger partial charge in [-0.25, -0.2) is 4.98 Å². The number of ether oxygens (including phenoxy) is 1. The average Bonchev–Trinajstić information content (AvgIpc) is 2.54. The van der Waals surface area contributed by atoms with Crippen LogP contribution in [0.3, 0.4) is 0 Å². The van der Waals surface area contributed by atoms with E-state index in [4.69, 9.17) is 10.5 Å². The van der Waals surface area contributed by atoms with Gasteiger partial charge in [0.25, 0.3) is 5.82 Å². The number of H-pyrrole nitrogens is 1. The Balaban J connectivity index is 2.23. The molecule has 1 aromatic heterocycles. The van der Waals surface area contributed by atoms with Crippen LogP contribution in [0.2, 0.25) is 0 Å². The van der Waals surface area contributed by atoms with Gasteiger partial charge in [-0.1, -0.05) is 19.1 Å². The van der Waals surface area contributed by atoms with Crippen molar-refractivity contribution in [1.29, 1.82) is 5.26 Å². The Bertz CT molecular complexity index is 744. The number of fused-ring (bicyclic) bond motifs is 1. The molecule has 0 saturated carbocycles. The quantitative estimate of drug-likeness (QED) is 0.925. The highest BCUT2D eigenvalue weighted by Crippen LogP contribution is 2.36. The number of hydrogen-bond donors (Lipinski definition) is 1. The molecule has 0 fully saturated rings. The van der Waals surface area contributed by atoms with Crippen molar-refractivity contribution in [3.63, 3.8) is 0 Å². The topological polar surface area (TPSA) is 73.2 Å². The molecule has 0 aliphatic heterocycles. The van der Waals surface area contributed by atoms with E-state index in [1.807, 2.05) is 24.3 Å². The van der Waals surface area contributed by atoms with Crippen molar-refractivity contribution in [3.05, 3.63) is 41.1 Å². The van der Waals surface area contributed by atoms with E-state index < -0.39 is 0 Å². The van der Waals surface area contributed by atoms with E-state index >= 15 is 0 Å². The van der Waals surface area contributed by atoms with E-state index in [1.165, 1.54) is 11.3 Å². The van der Waals surface area contributed by atoms with Gasteiger partial charge in [-0.15, -0.1) is 0 Å². The molecule has 2 aromatic rings. The summed E-state index contributed by atoms with van der Waals surface area (Å²) in [5.41, 5.74) is 11.0. The van der Waals surface area contributed by atoms with Crippen LogP contribution in [-0.4, -0.2) is 7.11 Å². The molecule has 1 aromatic carbocycles. The second kappa shape index (κ2) is 5.69. The number of nitrogens with two attached hydrogens (primary N) is 1. The Morgan fingerprint density at radius 2 is 2.05 bits per heavy atom. The first-order chi connectivity index (χ1) is 10.6. The zero-order chi connectivity index (χ0) is 15.7. The molecule has 0 spiro atoms. The van der Waals surface area contributed by atoms with Crippen LogP contribution in [0, 0.1) is 17.2 Å². The van der Waals surface area contributed by atoms with Gasteiger partial charge in [0.05, 0.1) is 7.11 Å². The standard InChI is InChI=1S/C18H19N3O/c1-11-3-8-16-14(9-11)17(15(10-19)18(20)21-16)12-4-6-13(22-2)7-5-12/h4-7,11H,3,8-9H2,1-2H3,(H2,20,21)/p+1. The molecule has 1 atom stereocenters. The average molecular weight is 294 g/mol. The summed E-state index contributed by atoms with van der Waals surface area (Å²) in [7, 11) is 1.65. The number of nitrogen functional groups attached to an aromatic ring is 1. The summed E-state index contributed by atoms with van der Waals surface area (Å²) in [6.45, 7) is 2.25. The van der Waals surface area contributed by atoms with Crippen LogP contribution < -0.4 is 15.5 Å². The Hall–Kier alpha value is -2.54. The van der Waals surface area contributed by atoms with Gasteiger partial charge in [-0.2, -0.15) is 5.26 Å². The predicted octanol–water partition coefficient (Wildman–Crippen LogP) is 2.75. The zero-order valence-corrected chi connectivity index (χ0v) is 12.9. The van der Waals surface area contributed by atoms with Gasteiger partial charge in [0, 0.05) is 17.5 Å². The number of aromatic nitrogens is 1. The summed E-state index contributed by atoms with van der Waals surface area (Å²) < 4.78 is 5.22. The smallest absolute Gasteiger partial charge is 0.289 e. The molecule has 0 saturated heterocycles. The molecule has 4 heteroatoms. The molecule has 1 aliphatic rings. The summed E-state index contributed by atoms with van der Waals surface area (Å²) in [5.74, 6) is 1.88. The summed E-state index contributed by atoms with van der Waals surface area (Å²) in [6, 6.07) is 10.1. The highest BCUT2D eigenvalue weighted by Gasteiger charge is 2.27. The number of aryl methyl sites for hydroxylation is 1. The zero-order valence-electron chi connectivity index (χ0n) is 12.9. The summed E-state index contributed by atoms with van der Waals surface area (Å²) in [5, 5.41) is 9.55. The van der Waals surface area contributed by atoms with Crippen LogP contribution in [0.1, 0.15) is 30.2 Å². The Labute approximate surface area is 130 Å². The van der Waals surface area contributed by atoms with Crippen LogP contribution in [0.15, 0.2) is 24.3 Å². The van der Waals surface area contributed by atoms with E-state index in [9.17, 15) is 5.26 Å². The van der Waals surface area contributed by atoms with Gasteiger partial charge in [-0.3, -0.25) is 5.73 Å². The van der Waals surface area contributed by atoms with E-state index in [0.29, 0.717) is 17.3 Å². The first-order valence-electron chi connectivity index (χ1n) is 7.55. The number of anilines is 1. The van der Waals surface area contributed by atoms with Crippen LogP contribution >= 0.6 is 0 Å². The van der Waals surface area contributed by atoms with Gasteiger partial charge in [-0.05, 0) is 36.5 Å². The minimum Gasteiger partial charge on any atom is -0.497 e. The number of nitrogens with one attached hydrogen (secondary N) is 1. The summed E-state index contributed by atoms with van der Waals surface area (Å²) >= 11 is 0. The molecule has 0 radical (unpaired) electrons. The van der Waals surface area contributed by atoms with Crippen molar-refractivity contribution in [2.45, 2.75) is 26.2 Å². The van der Waals surface area contributed by atoms with Crippen LogP contribution in [0.4, 0.5) is 5.82 Å². The number of methoxy groups -OCH3 is 1. The van der Waals surface area contributed by atoms with Gasteiger partial charge in [0.15, 0.2) is 0 Å². The number of nitriles is 1. The maximum atomic E-state index is 9.55. The van der Waals surface area contributed by atoms with Crippen molar-refractivity contribution in [2.75, 3.05) is 12.8 Å². The highest BCUT2D eigenvalue weighted by molar-refractivity contribution is 5.78. The molecule has 112 valence electrons. The third-order valence-corrected chi connectivity index (χ3v) is 4.40. The molecular weight excluding hydrogens is 274 g/mol. The van der Waals surface area contributed by atoms with E-state index in [-0.39, 0.29) is 0 Å². The molecule has 1 heterocycles. The van der Waals surface area contributed by atoms with Crippen molar-refractivity contribution in [2.24, 2.45) is 5.92 Å². The first-order valence-corrected chi connectivity index (χ1v) is 7.55. The maximum Gasteiger partial charge on any atom is 0.289 e. The Morgan fingerprint density at radius 3 is 2.68 bits per heavy atom. The summed E-state index contributed by atoms with van der Waals surface area (Å²) in [4.78, 5) is 3.23. The Morgan fingerprint density at radius 1 is 1.32 bits per heavy atom. The fourth-order valence-corrected chi connectivity index (χ4v) is 3.21. The molecule has 1 unspecified atom stereocenters. The molecule has 0 amide bonds. The lowest BCUT2D eigenvalue weighted by Crippen LogP contribution is -2.26. The SMILES string of the molecule is COc1ccc(-c2c(C#N)c(N)[nH+]c3c2CC(C)CC3)cc1. The van der Waals surface area contributed by atoms with Gasteiger partial charge < -0.3 is 4.74 Å². The monoisotopic (exact) mass is 294 g/mol. The number of pyridine rings is 1. The van der Waals surface area contributed by atoms with E-state index in [0.717, 1.165) is 36.1 Å². The number of rotatable bonds is 2. The molecule has 3 N–H and O–H groups in total. The minimum atomic E-state index is 0.460. The van der Waals surface area contributed by atoms with Crippen LogP contribution in [0.25, 0.3) is 11.1 Å². The van der Waals surface area contributed by atoms with E-state index in [2.05, 4.69) is 18.0 Å². The number of hydrogen-bond acceptors (Lipinski definition) is 3. The van der Waals surface area contributed by atoms with Crippen molar-refractivity contribution < 1.29 is 9.72 Å². The highest BCUT2D eigenvalue weighted by atomic mass is 16.5. The van der Waals surface area contributed by atoms with Crippen LogP contribution in [-0.2, 0) is 12.8 Å². The molecule has 22 heavy (non-hydrogen) atoms. The van der Waals surface area contributed by atoms with Crippen LogP contribution in [0.5, 0.6) is 5.75 Å². The maximum absolute atomic E-state index is 9.55. The third kappa shape index (κ3) is 2.39. The van der Waals surface area contributed by atoms with Gasteiger partial charge in [0.1, 0.15) is 23.1 Å². The third-order valence-electron chi connectivity index (χ3n) is 4.40. The lowest BCUT2D eigenvalue weighted by atomic mass is 9.82. The minimum absolute atomic E-state index is 0.460. The molecular formula is C18H20N3O+. The van der Waals surface area contributed by atoms with Crippen molar-refractivity contribution >= 4 is 5.82 Å². The predicted molar refractivity (Wildman–Crippen MR) is 85.3 cm³/mol. The van der Waals surface area contributed by atoms with Gasteiger partial charge in [0.2, 0.25) is 0 Å². The normalized spacial score (nSPS) is 16.7. The number of aromatic amines is 1. The number of benzene rings is 1. The second-order valence-corrected chi connectivity index (χ2v) is 5.93. The number of nitrogens with zero attached hydrogens (tertiary/aromatic N) is 1. The molecule has 0 bridgehead atoms. The second-order valence-electron chi connectivity index (χ2n) is 5.93. The molecule has 3 rings (SSSR count). The molecule has 1 aliphatic carbocycles. The summed E-state index contributed by atoms with van der Waals surface area (Å²) in [6.07, 6.45) is 3.11. The fraction of sp³-hybridized carbons (Fsp3) is 0.333. The largest absolute Gasteiger partial charge is 0.497 e. The lowest BCUT2D eigenvalue weighted by Gasteiger charge is -2.23. The molecule has 4 nitrogen and oxygen atoms in total. The van der Waals surface area contributed by atoms with Crippen molar-refractivity contribution in [1.82, 2.24) is 0 Å². The van der Waals surface area contributed by atoms with Gasteiger partial charge >= 0.3 is 0 Å². The Kier molecular flexibility index (Phi) is 3.72. The fourth-order valence-electron chi connectivity index (χ4n) is 3.21. The van der Waals surface area contributed by atoms with E-state index in [1.54, 1.807) is 7.11 Å². The first kappa shape index (κ1) is 14.4. The van der Waals surface area contributed by atoms with Crippen molar-refractivity contribution in [3.8, 4) is 22.9 Å². The lowest BCUT2D eigenvalue weighted by molar-refractivity contribution is -0.375.